The number of rotatable bonds is 0. The molecule has 1 rings (SSSR count). The van der Waals surface area contributed by atoms with Crippen LogP contribution in [-0.4, -0.2) is 0 Å². The third-order valence-corrected chi connectivity index (χ3v) is 1.54. The van der Waals surface area contributed by atoms with Crippen molar-refractivity contribution in [3.05, 3.63) is 35.6 Å². The summed E-state index contributed by atoms with van der Waals surface area (Å²) < 4.78 is 0. The van der Waals surface area contributed by atoms with E-state index in [0.29, 0.717) is 0 Å². The quantitative estimate of drug-likeness (QED) is 0.541. The van der Waals surface area contributed by atoms with E-state index in [2.05, 4.69) is 19.1 Å². The molecule has 0 bridgehead atoms. The first-order valence-corrected chi connectivity index (χ1v) is 3.58. The molecule has 0 saturated heterocycles. The fourth-order valence-corrected chi connectivity index (χ4v) is 0.897. The maximum Gasteiger partial charge on any atom is 0.00836 e. The zero-order valence-corrected chi connectivity index (χ0v) is 6.30. The standard InChI is InChI=1S/C9H13N/c1-8-4-2-3-5-9(10)7-6-8/h2,4,6-7H,3,5,10H2,1H3/b4-2+,8-6-,9-7+. The zero-order chi connectivity index (χ0) is 7.40. The van der Waals surface area contributed by atoms with E-state index in [4.69, 9.17) is 5.73 Å². The first-order valence-electron chi connectivity index (χ1n) is 3.58. The van der Waals surface area contributed by atoms with Crippen molar-refractivity contribution in [1.29, 1.82) is 0 Å². The van der Waals surface area contributed by atoms with Gasteiger partial charge in [0.05, 0.1) is 0 Å². The molecule has 0 amide bonds. The lowest BCUT2D eigenvalue weighted by atomic mass is 10.1. The van der Waals surface area contributed by atoms with Crippen LogP contribution in [0.5, 0.6) is 0 Å². The predicted molar refractivity (Wildman–Crippen MR) is 44.4 cm³/mol. The van der Waals surface area contributed by atoms with Crippen LogP contribution in [0, 0.1) is 0 Å². The van der Waals surface area contributed by atoms with Crippen molar-refractivity contribution in [3.63, 3.8) is 0 Å². The van der Waals surface area contributed by atoms with Gasteiger partial charge >= 0.3 is 0 Å². The van der Waals surface area contributed by atoms with Gasteiger partial charge in [-0.2, -0.15) is 0 Å². The molecule has 10 heavy (non-hydrogen) atoms. The Morgan fingerprint density at radius 1 is 1.40 bits per heavy atom. The molecule has 0 atom stereocenters. The average Bonchev–Trinajstić information content (AvgIpc) is 1.90. The Balaban J connectivity index is 2.75. The van der Waals surface area contributed by atoms with Crippen LogP contribution in [0.3, 0.4) is 0 Å². The third kappa shape index (κ3) is 2.09. The predicted octanol–water partition coefficient (Wildman–Crippen LogP) is 2.13. The number of allylic oxidation sites excluding steroid dienone is 6. The lowest BCUT2D eigenvalue weighted by molar-refractivity contribution is 0.955. The molecule has 54 valence electrons. The molecule has 0 aromatic rings. The van der Waals surface area contributed by atoms with E-state index in [-0.39, 0.29) is 0 Å². The van der Waals surface area contributed by atoms with E-state index in [0.717, 1.165) is 18.5 Å². The molecule has 1 aliphatic carbocycles. The van der Waals surface area contributed by atoms with E-state index in [1.807, 2.05) is 12.2 Å². The van der Waals surface area contributed by atoms with Crippen molar-refractivity contribution in [1.82, 2.24) is 0 Å². The molecule has 0 unspecified atom stereocenters. The molecule has 0 aliphatic heterocycles. The summed E-state index contributed by atoms with van der Waals surface area (Å²) in [5.74, 6) is 0. The highest BCUT2D eigenvalue weighted by Crippen LogP contribution is 2.06. The van der Waals surface area contributed by atoms with E-state index in [1.54, 1.807) is 0 Å². The minimum atomic E-state index is 0.976. The second-order valence-corrected chi connectivity index (χ2v) is 2.59. The Labute approximate surface area is 61.9 Å². The Morgan fingerprint density at radius 3 is 3.00 bits per heavy atom. The summed E-state index contributed by atoms with van der Waals surface area (Å²) in [6, 6.07) is 0. The molecule has 0 spiro atoms. The molecular formula is C9H13N. The average molecular weight is 135 g/mol. The summed E-state index contributed by atoms with van der Waals surface area (Å²) in [7, 11) is 0. The van der Waals surface area contributed by atoms with Gasteiger partial charge in [0.15, 0.2) is 0 Å². The summed E-state index contributed by atoms with van der Waals surface area (Å²) in [6.07, 6.45) is 10.4. The first-order chi connectivity index (χ1) is 4.79. The summed E-state index contributed by atoms with van der Waals surface area (Å²) in [4.78, 5) is 0. The van der Waals surface area contributed by atoms with Crippen molar-refractivity contribution < 1.29 is 0 Å². The molecule has 1 nitrogen and oxygen atoms in total. The largest absolute Gasteiger partial charge is 0.402 e. The van der Waals surface area contributed by atoms with Gasteiger partial charge in [-0.3, -0.25) is 0 Å². The van der Waals surface area contributed by atoms with Gasteiger partial charge in [-0.25, -0.2) is 0 Å². The van der Waals surface area contributed by atoms with E-state index < -0.39 is 0 Å². The number of hydrogen-bond donors (Lipinski definition) is 1. The molecule has 0 aromatic heterocycles. The van der Waals surface area contributed by atoms with Crippen molar-refractivity contribution >= 4 is 0 Å². The van der Waals surface area contributed by atoms with Gasteiger partial charge in [0.2, 0.25) is 0 Å². The normalized spacial score (nSPS) is 32.5. The molecule has 0 saturated carbocycles. The van der Waals surface area contributed by atoms with Gasteiger partial charge in [0.1, 0.15) is 0 Å². The van der Waals surface area contributed by atoms with Crippen LogP contribution in [0.4, 0.5) is 0 Å². The first kappa shape index (κ1) is 7.13. The Kier molecular flexibility index (Phi) is 2.32. The minimum absolute atomic E-state index is 0.976. The highest BCUT2D eigenvalue weighted by Gasteiger charge is 1.90. The third-order valence-electron chi connectivity index (χ3n) is 1.54. The lowest BCUT2D eigenvalue weighted by Crippen LogP contribution is -1.96. The second kappa shape index (κ2) is 3.25. The molecule has 1 aliphatic rings. The topological polar surface area (TPSA) is 26.0 Å². The molecule has 0 radical (unpaired) electrons. The Morgan fingerprint density at radius 2 is 2.20 bits per heavy atom. The number of hydrogen-bond acceptors (Lipinski definition) is 1. The highest BCUT2D eigenvalue weighted by atomic mass is 14.6. The van der Waals surface area contributed by atoms with Gasteiger partial charge in [0.25, 0.3) is 0 Å². The maximum absolute atomic E-state index is 5.65. The van der Waals surface area contributed by atoms with Crippen LogP contribution in [0.1, 0.15) is 19.8 Å². The van der Waals surface area contributed by atoms with Gasteiger partial charge in [0, 0.05) is 5.70 Å². The summed E-state index contributed by atoms with van der Waals surface area (Å²) in [5, 5.41) is 0. The monoisotopic (exact) mass is 135 g/mol. The van der Waals surface area contributed by atoms with Crippen molar-refractivity contribution in [2.45, 2.75) is 19.8 Å². The zero-order valence-electron chi connectivity index (χ0n) is 6.30. The fourth-order valence-electron chi connectivity index (χ4n) is 0.897. The smallest absolute Gasteiger partial charge is 0.00836 e. The van der Waals surface area contributed by atoms with Crippen LogP contribution >= 0.6 is 0 Å². The lowest BCUT2D eigenvalue weighted by Gasteiger charge is -1.99. The second-order valence-electron chi connectivity index (χ2n) is 2.59. The SMILES string of the molecule is CC1=C/C=C(/N)CC\C=C\1. The van der Waals surface area contributed by atoms with Crippen LogP contribution in [0.15, 0.2) is 35.6 Å². The summed E-state index contributed by atoms with van der Waals surface area (Å²) in [6.45, 7) is 2.08. The summed E-state index contributed by atoms with van der Waals surface area (Å²) >= 11 is 0. The Hall–Kier alpha value is -0.980. The molecule has 0 fully saturated rings. The minimum Gasteiger partial charge on any atom is -0.402 e. The molecule has 2 N–H and O–H groups in total. The Bertz CT molecular complexity index is 197. The van der Waals surface area contributed by atoms with Gasteiger partial charge in [-0.05, 0) is 25.8 Å². The summed E-state index contributed by atoms with van der Waals surface area (Å²) in [5.41, 5.74) is 7.89. The molecule has 0 heterocycles. The van der Waals surface area contributed by atoms with Crippen molar-refractivity contribution in [2.75, 3.05) is 0 Å². The van der Waals surface area contributed by atoms with Crippen molar-refractivity contribution in [2.24, 2.45) is 5.73 Å². The molecule has 0 aromatic carbocycles. The van der Waals surface area contributed by atoms with E-state index in [9.17, 15) is 0 Å². The van der Waals surface area contributed by atoms with E-state index >= 15 is 0 Å². The van der Waals surface area contributed by atoms with Crippen LogP contribution < -0.4 is 5.73 Å². The fraction of sp³-hybridized carbons (Fsp3) is 0.333. The van der Waals surface area contributed by atoms with Gasteiger partial charge in [-0.15, -0.1) is 0 Å². The maximum atomic E-state index is 5.65. The van der Waals surface area contributed by atoms with Crippen LogP contribution in [0.2, 0.25) is 0 Å². The van der Waals surface area contributed by atoms with Crippen LogP contribution in [-0.2, 0) is 0 Å². The van der Waals surface area contributed by atoms with Gasteiger partial charge in [-0.1, -0.05) is 23.8 Å². The van der Waals surface area contributed by atoms with Gasteiger partial charge < -0.3 is 5.73 Å². The molecule has 1 heteroatoms. The molecular weight excluding hydrogens is 122 g/mol. The van der Waals surface area contributed by atoms with Crippen molar-refractivity contribution in [3.8, 4) is 0 Å². The van der Waals surface area contributed by atoms with E-state index in [1.165, 1.54) is 5.57 Å². The highest BCUT2D eigenvalue weighted by molar-refractivity contribution is 5.25. The number of nitrogens with two attached hydrogens (primary N) is 1. The van der Waals surface area contributed by atoms with Crippen LogP contribution in [0.25, 0.3) is 0 Å².